The number of carbonyl (C=O) groups excluding carboxylic acids is 1. The smallest absolute Gasteiger partial charge is 0.280 e. The van der Waals surface area contributed by atoms with E-state index in [1.807, 2.05) is 42.2 Å². The number of thiazole rings is 1. The molecule has 0 radical (unpaired) electrons. The fourth-order valence-corrected chi connectivity index (χ4v) is 5.21. The number of hydrogen-bond acceptors (Lipinski definition) is 6. The van der Waals surface area contributed by atoms with Crippen molar-refractivity contribution in [3.8, 4) is 0 Å². The summed E-state index contributed by atoms with van der Waals surface area (Å²) >= 11 is 1.26. The molecule has 1 aliphatic carbocycles. The summed E-state index contributed by atoms with van der Waals surface area (Å²) in [6.07, 6.45) is 2.35. The number of benzene rings is 1. The molecule has 3 aromatic rings. The van der Waals surface area contributed by atoms with Crippen LogP contribution in [-0.4, -0.2) is 33.0 Å². The van der Waals surface area contributed by atoms with E-state index in [0.717, 1.165) is 12.0 Å². The molecule has 1 aliphatic heterocycles. The van der Waals surface area contributed by atoms with Crippen LogP contribution in [0, 0.1) is 0 Å². The Morgan fingerprint density at radius 2 is 2.03 bits per heavy atom. The minimum Gasteiger partial charge on any atom is -0.348 e. The van der Waals surface area contributed by atoms with Gasteiger partial charge in [-0.25, -0.2) is 14.4 Å². The van der Waals surface area contributed by atoms with E-state index >= 15 is 0 Å². The molecule has 31 heavy (non-hydrogen) atoms. The number of anilines is 1. The van der Waals surface area contributed by atoms with E-state index in [0.29, 0.717) is 35.8 Å². The highest BCUT2D eigenvalue weighted by molar-refractivity contribution is 7.21. The van der Waals surface area contributed by atoms with Crippen LogP contribution in [0.4, 0.5) is 9.52 Å². The highest BCUT2D eigenvalue weighted by Gasteiger charge is 2.49. The number of hydrogen-bond donors (Lipinski definition) is 1. The van der Waals surface area contributed by atoms with Crippen molar-refractivity contribution < 1.29 is 9.18 Å². The minimum absolute atomic E-state index is 0.0599. The number of fused-ring (bicyclic) bond motifs is 1. The summed E-state index contributed by atoms with van der Waals surface area (Å²) in [7, 11) is 1.54. The van der Waals surface area contributed by atoms with Gasteiger partial charge in [-0.3, -0.25) is 14.2 Å². The average molecular weight is 442 g/mol. The summed E-state index contributed by atoms with van der Waals surface area (Å²) in [5, 5.41) is 3.68. The Kier molecular flexibility index (Phi) is 4.80. The lowest BCUT2D eigenvalue weighted by molar-refractivity contribution is -0.122. The van der Waals surface area contributed by atoms with E-state index in [9.17, 15) is 14.0 Å². The number of halogens is 1. The number of nitrogens with one attached hydrogen (secondary N) is 1. The highest BCUT2D eigenvalue weighted by atomic mass is 32.1. The van der Waals surface area contributed by atoms with Gasteiger partial charge >= 0.3 is 0 Å². The first kappa shape index (κ1) is 20.1. The number of rotatable bonds is 5. The van der Waals surface area contributed by atoms with Gasteiger partial charge in [0.1, 0.15) is 6.04 Å². The Morgan fingerprint density at radius 3 is 2.74 bits per heavy atom. The summed E-state index contributed by atoms with van der Waals surface area (Å²) in [6.45, 7) is 2.64. The Labute approximate surface area is 182 Å². The fraction of sp³-hybridized carbons (Fsp3) is 0.455. The van der Waals surface area contributed by atoms with Crippen LogP contribution < -0.4 is 15.8 Å². The zero-order chi connectivity index (χ0) is 21.8. The van der Waals surface area contributed by atoms with Crippen LogP contribution in [0.25, 0.3) is 10.3 Å². The Balaban J connectivity index is 1.42. The molecule has 5 rings (SSSR count). The van der Waals surface area contributed by atoms with Crippen molar-refractivity contribution in [1.82, 2.24) is 19.9 Å². The molecule has 1 aromatic carbocycles. The first-order valence-electron chi connectivity index (χ1n) is 10.6. The maximum absolute atomic E-state index is 14.6. The lowest BCUT2D eigenvalue weighted by Crippen LogP contribution is -2.44. The van der Waals surface area contributed by atoms with Gasteiger partial charge < -0.3 is 10.2 Å². The molecular weight excluding hydrogens is 417 g/mol. The maximum Gasteiger partial charge on any atom is 0.280 e. The van der Waals surface area contributed by atoms with Gasteiger partial charge in [-0.05, 0) is 38.2 Å². The van der Waals surface area contributed by atoms with Gasteiger partial charge in [0, 0.05) is 13.6 Å². The van der Waals surface area contributed by atoms with Crippen LogP contribution in [0.5, 0.6) is 0 Å². The summed E-state index contributed by atoms with van der Waals surface area (Å²) in [4.78, 5) is 37.1. The van der Waals surface area contributed by atoms with Crippen molar-refractivity contribution in [2.45, 2.75) is 50.4 Å². The van der Waals surface area contributed by atoms with Crippen LogP contribution in [0.1, 0.15) is 50.0 Å². The van der Waals surface area contributed by atoms with Gasteiger partial charge in [0.25, 0.3) is 5.56 Å². The third kappa shape index (κ3) is 3.50. The standard InChI is InChI=1S/C22H24FN5O2S/c1-13(14-7-4-3-5-8-14)24-17(29)15-9-6-12-28(15)21-25-16-18(31-21)26-20(22(23)10-11-22)27(2)19(16)30/h3-5,7-8,13,15H,6,9-12H2,1-2H3,(H,24,29)/t13-,15?/m1/s1. The second-order valence-corrected chi connectivity index (χ2v) is 9.36. The van der Waals surface area contributed by atoms with Crippen molar-refractivity contribution in [3.05, 3.63) is 52.1 Å². The minimum atomic E-state index is -1.50. The molecule has 2 aromatic heterocycles. The van der Waals surface area contributed by atoms with Crippen LogP contribution in [-0.2, 0) is 17.5 Å². The van der Waals surface area contributed by atoms with Crippen molar-refractivity contribution in [3.63, 3.8) is 0 Å². The van der Waals surface area contributed by atoms with Crippen molar-refractivity contribution in [2.24, 2.45) is 7.05 Å². The molecule has 2 aliphatic rings. The van der Waals surface area contributed by atoms with Crippen LogP contribution >= 0.6 is 11.3 Å². The Morgan fingerprint density at radius 1 is 1.29 bits per heavy atom. The molecule has 2 fully saturated rings. The predicted molar refractivity (Wildman–Crippen MR) is 118 cm³/mol. The SMILES string of the molecule is C[C@@H](NC(=O)C1CCCN1c1nc2c(=O)n(C)c(C3(F)CC3)nc2s1)c1ccccc1. The average Bonchev–Trinajstić information content (AvgIpc) is 3.18. The van der Waals surface area contributed by atoms with Crippen LogP contribution in [0.2, 0.25) is 0 Å². The number of carbonyl (C=O) groups is 1. The lowest BCUT2D eigenvalue weighted by atomic mass is 10.1. The normalized spacial score (nSPS) is 20.7. The van der Waals surface area contributed by atoms with Crippen LogP contribution in [0.3, 0.4) is 0 Å². The van der Waals surface area contributed by atoms with E-state index in [2.05, 4.69) is 15.3 Å². The van der Waals surface area contributed by atoms with E-state index in [-0.39, 0.29) is 34.9 Å². The van der Waals surface area contributed by atoms with Gasteiger partial charge in [0.05, 0.1) is 6.04 Å². The summed E-state index contributed by atoms with van der Waals surface area (Å²) < 4.78 is 15.9. The number of alkyl halides is 1. The highest BCUT2D eigenvalue weighted by Crippen LogP contribution is 2.48. The summed E-state index contributed by atoms with van der Waals surface area (Å²) in [5.74, 6) is 0.114. The van der Waals surface area contributed by atoms with E-state index < -0.39 is 5.67 Å². The molecule has 1 amide bonds. The lowest BCUT2D eigenvalue weighted by Gasteiger charge is -2.25. The van der Waals surface area contributed by atoms with E-state index in [4.69, 9.17) is 0 Å². The molecule has 1 N–H and O–H groups in total. The molecule has 0 bridgehead atoms. The second-order valence-electron chi connectivity index (χ2n) is 8.41. The summed E-state index contributed by atoms with van der Waals surface area (Å²) in [5.41, 5.74) is -0.569. The quantitative estimate of drug-likeness (QED) is 0.658. The Bertz CT molecular complexity index is 1200. The van der Waals surface area contributed by atoms with Gasteiger partial charge in [-0.15, -0.1) is 0 Å². The predicted octanol–water partition coefficient (Wildman–Crippen LogP) is 3.19. The molecule has 7 nitrogen and oxygen atoms in total. The van der Waals surface area contributed by atoms with Gasteiger partial charge in [0.15, 0.2) is 27.0 Å². The van der Waals surface area contributed by atoms with Crippen molar-refractivity contribution >= 4 is 32.7 Å². The van der Waals surface area contributed by atoms with E-state index in [1.165, 1.54) is 15.9 Å². The molecular formula is C22H24FN5O2S. The molecule has 9 heteroatoms. The second kappa shape index (κ2) is 7.40. The Hall–Kier alpha value is -2.81. The number of aromatic nitrogens is 3. The molecule has 3 heterocycles. The molecule has 2 atom stereocenters. The topological polar surface area (TPSA) is 80.1 Å². The van der Waals surface area contributed by atoms with Crippen molar-refractivity contribution in [2.75, 3.05) is 11.4 Å². The van der Waals surface area contributed by atoms with Crippen molar-refractivity contribution in [1.29, 1.82) is 0 Å². The largest absolute Gasteiger partial charge is 0.348 e. The molecule has 162 valence electrons. The molecule has 0 spiro atoms. The number of nitrogens with zero attached hydrogens (tertiary/aromatic N) is 4. The maximum atomic E-state index is 14.6. The molecule has 1 saturated carbocycles. The summed E-state index contributed by atoms with van der Waals surface area (Å²) in [6, 6.07) is 9.36. The van der Waals surface area contributed by atoms with Crippen LogP contribution in [0.15, 0.2) is 35.1 Å². The van der Waals surface area contributed by atoms with Gasteiger partial charge in [0.2, 0.25) is 5.91 Å². The first-order valence-corrected chi connectivity index (χ1v) is 11.4. The van der Waals surface area contributed by atoms with Gasteiger partial charge in [-0.1, -0.05) is 41.7 Å². The zero-order valence-electron chi connectivity index (χ0n) is 17.5. The fourth-order valence-electron chi connectivity index (χ4n) is 4.20. The molecule has 1 saturated heterocycles. The monoisotopic (exact) mass is 441 g/mol. The van der Waals surface area contributed by atoms with E-state index in [1.54, 1.807) is 7.05 Å². The third-order valence-electron chi connectivity index (χ3n) is 6.18. The molecule has 1 unspecified atom stereocenters. The zero-order valence-corrected chi connectivity index (χ0v) is 18.3. The number of amides is 1. The first-order chi connectivity index (χ1) is 14.9. The third-order valence-corrected chi connectivity index (χ3v) is 7.17. The van der Waals surface area contributed by atoms with Gasteiger partial charge in [-0.2, -0.15) is 0 Å².